The minimum Gasteiger partial charge on any atom is -0.497 e. The number of anilines is 1. The second-order valence-corrected chi connectivity index (χ2v) is 7.93. The molecule has 1 heterocycles. The van der Waals surface area contributed by atoms with E-state index in [1.807, 2.05) is 54.6 Å². The van der Waals surface area contributed by atoms with Crippen LogP contribution in [0, 0.1) is 0 Å². The van der Waals surface area contributed by atoms with Gasteiger partial charge in [-0.05, 0) is 42.0 Å². The van der Waals surface area contributed by atoms with Gasteiger partial charge in [-0.1, -0.05) is 18.2 Å². The van der Waals surface area contributed by atoms with Crippen LogP contribution in [0.1, 0.15) is 11.1 Å². The smallest absolute Gasteiger partial charge is 0.172 e. The van der Waals surface area contributed by atoms with Gasteiger partial charge < -0.3 is 35.0 Å². The summed E-state index contributed by atoms with van der Waals surface area (Å²) in [5, 5.41) is 60.6. The second kappa shape index (κ2) is 12.9. The van der Waals surface area contributed by atoms with E-state index < -0.39 is 31.0 Å². The van der Waals surface area contributed by atoms with Crippen LogP contribution in [-0.4, -0.2) is 87.2 Å². The molecule has 36 heavy (non-hydrogen) atoms. The van der Waals surface area contributed by atoms with E-state index in [9.17, 15) is 20.4 Å². The first-order chi connectivity index (χ1) is 17.4. The molecule has 3 rings (SSSR count). The number of hydrogen-bond donors (Lipinski definition) is 6. The molecule has 2 aromatic carbocycles. The molecule has 0 unspecified atom stereocenters. The van der Waals surface area contributed by atoms with Crippen molar-refractivity contribution in [1.82, 2.24) is 10.2 Å². The van der Waals surface area contributed by atoms with Gasteiger partial charge in [-0.3, -0.25) is 5.43 Å². The minimum absolute atomic E-state index is 0.298. The van der Waals surface area contributed by atoms with Crippen LogP contribution < -0.4 is 14.9 Å². The molecule has 0 bridgehead atoms. The van der Waals surface area contributed by atoms with Crippen molar-refractivity contribution < 1.29 is 35.0 Å². The molecule has 0 saturated heterocycles. The number of aliphatic hydroxyl groups excluding tert-OH is 5. The molecular weight excluding hydrogens is 468 g/mol. The van der Waals surface area contributed by atoms with E-state index in [0.29, 0.717) is 29.4 Å². The average molecular weight is 499 g/mol. The second-order valence-electron chi connectivity index (χ2n) is 7.93. The summed E-state index contributed by atoms with van der Waals surface area (Å²) in [4.78, 5) is 0. The van der Waals surface area contributed by atoms with Gasteiger partial charge in [0.1, 0.15) is 35.9 Å². The number of para-hydroxylation sites is 1. The van der Waals surface area contributed by atoms with Gasteiger partial charge in [0.05, 0.1) is 32.7 Å². The lowest BCUT2D eigenvalue weighted by Crippen LogP contribution is -2.46. The SMILES string of the molecule is COc1ccc(-c2cc(Cc3ccccc3OC)c(N/N=C/[C@H](O)[C@@H](O)[C@H](O)[C@H](O)CO)nn2)cc1. The Kier molecular flexibility index (Phi) is 9.68. The van der Waals surface area contributed by atoms with Crippen molar-refractivity contribution in [3.63, 3.8) is 0 Å². The highest BCUT2D eigenvalue weighted by Crippen LogP contribution is 2.27. The van der Waals surface area contributed by atoms with Gasteiger partial charge in [0, 0.05) is 17.5 Å². The average Bonchev–Trinajstić information content (AvgIpc) is 2.92. The predicted molar refractivity (Wildman–Crippen MR) is 133 cm³/mol. The maximum Gasteiger partial charge on any atom is 0.172 e. The largest absolute Gasteiger partial charge is 0.497 e. The fourth-order valence-corrected chi connectivity index (χ4v) is 3.42. The predicted octanol–water partition coefficient (Wildman–Crippen LogP) is 0.585. The van der Waals surface area contributed by atoms with Crippen molar-refractivity contribution in [3.8, 4) is 22.8 Å². The first kappa shape index (κ1) is 27.0. The third kappa shape index (κ3) is 6.74. The van der Waals surface area contributed by atoms with E-state index in [0.717, 1.165) is 22.9 Å². The maximum absolute atomic E-state index is 10.1. The van der Waals surface area contributed by atoms with Gasteiger partial charge in [-0.15, -0.1) is 10.2 Å². The van der Waals surface area contributed by atoms with Crippen LogP contribution in [0.25, 0.3) is 11.3 Å². The zero-order valence-electron chi connectivity index (χ0n) is 19.9. The number of hydrogen-bond acceptors (Lipinski definition) is 11. The van der Waals surface area contributed by atoms with Crippen molar-refractivity contribution in [2.45, 2.75) is 30.8 Å². The minimum atomic E-state index is -1.77. The summed E-state index contributed by atoms with van der Waals surface area (Å²) >= 11 is 0. The van der Waals surface area contributed by atoms with E-state index >= 15 is 0 Å². The van der Waals surface area contributed by atoms with E-state index in [4.69, 9.17) is 14.6 Å². The Morgan fingerprint density at radius 3 is 2.31 bits per heavy atom. The van der Waals surface area contributed by atoms with Gasteiger partial charge in [-0.25, -0.2) is 0 Å². The summed E-state index contributed by atoms with van der Waals surface area (Å²) in [5.74, 6) is 1.71. The Morgan fingerprint density at radius 1 is 0.917 bits per heavy atom. The van der Waals surface area contributed by atoms with E-state index in [1.165, 1.54) is 0 Å². The molecule has 11 nitrogen and oxygen atoms in total. The number of nitrogens with zero attached hydrogens (tertiary/aromatic N) is 3. The number of aliphatic hydroxyl groups is 5. The molecule has 3 aromatic rings. The highest BCUT2D eigenvalue weighted by molar-refractivity contribution is 5.66. The quantitative estimate of drug-likeness (QED) is 0.153. The highest BCUT2D eigenvalue weighted by atomic mass is 16.5. The molecule has 192 valence electrons. The Labute approximate surface area is 208 Å². The monoisotopic (exact) mass is 498 g/mol. The molecule has 0 amide bonds. The molecule has 0 radical (unpaired) electrons. The molecular formula is C25H30N4O7. The molecule has 1 aromatic heterocycles. The first-order valence-corrected chi connectivity index (χ1v) is 11.1. The molecule has 0 fully saturated rings. The first-order valence-electron chi connectivity index (χ1n) is 11.1. The van der Waals surface area contributed by atoms with Crippen molar-refractivity contribution in [1.29, 1.82) is 0 Å². The Bertz CT molecular complexity index is 1140. The molecule has 0 aliphatic carbocycles. The lowest BCUT2D eigenvalue weighted by atomic mass is 10.0. The van der Waals surface area contributed by atoms with Crippen molar-refractivity contribution >= 4 is 12.0 Å². The van der Waals surface area contributed by atoms with Gasteiger partial charge in [0.2, 0.25) is 0 Å². The standard InChI is InChI=1S/C25H30N4O7/c1-35-18-9-7-15(8-10-18)19-12-17(11-16-5-3-4-6-22(16)36-2)25(29-27-19)28-26-13-20(31)23(33)24(34)21(32)14-30/h3-10,12-13,20-21,23-24,30-34H,11,14H2,1-2H3,(H,28,29)/b26-13+/t20-,21+,23+,24+/m0/s1. The topological polar surface area (TPSA) is 170 Å². The molecule has 0 spiro atoms. The maximum atomic E-state index is 10.1. The molecule has 0 saturated carbocycles. The lowest BCUT2D eigenvalue weighted by molar-refractivity contribution is -0.0999. The fourth-order valence-electron chi connectivity index (χ4n) is 3.42. The van der Waals surface area contributed by atoms with Crippen molar-refractivity contribution in [2.24, 2.45) is 5.10 Å². The van der Waals surface area contributed by atoms with Crippen molar-refractivity contribution in [3.05, 3.63) is 65.7 Å². The molecule has 11 heteroatoms. The number of hydrazone groups is 1. The summed E-state index contributed by atoms with van der Waals surface area (Å²) in [7, 11) is 3.18. The number of methoxy groups -OCH3 is 2. The number of rotatable bonds is 12. The molecule has 0 aliphatic heterocycles. The van der Waals surface area contributed by atoms with E-state index in [2.05, 4.69) is 20.7 Å². The summed E-state index contributed by atoms with van der Waals surface area (Å²) in [5.41, 5.74) is 5.78. The summed E-state index contributed by atoms with van der Waals surface area (Å²) < 4.78 is 10.7. The van der Waals surface area contributed by atoms with Crippen LogP contribution >= 0.6 is 0 Å². The Hall–Kier alpha value is -3.61. The summed E-state index contributed by atoms with van der Waals surface area (Å²) in [6, 6.07) is 16.8. The van der Waals surface area contributed by atoms with Crippen LogP contribution in [-0.2, 0) is 6.42 Å². The Morgan fingerprint density at radius 2 is 1.64 bits per heavy atom. The van der Waals surface area contributed by atoms with Gasteiger partial charge >= 0.3 is 0 Å². The number of benzene rings is 2. The molecule has 4 atom stereocenters. The normalized spacial score (nSPS) is 14.8. The number of nitrogens with one attached hydrogen (secondary N) is 1. The van der Waals surface area contributed by atoms with Gasteiger partial charge in [-0.2, -0.15) is 5.10 Å². The zero-order valence-corrected chi connectivity index (χ0v) is 19.9. The third-order valence-corrected chi connectivity index (χ3v) is 5.51. The van der Waals surface area contributed by atoms with Crippen LogP contribution in [0.5, 0.6) is 11.5 Å². The number of ether oxygens (including phenoxy) is 2. The van der Waals surface area contributed by atoms with Gasteiger partial charge in [0.25, 0.3) is 0 Å². The van der Waals surface area contributed by atoms with Crippen LogP contribution in [0.15, 0.2) is 59.7 Å². The highest BCUT2D eigenvalue weighted by Gasteiger charge is 2.29. The summed E-state index contributed by atoms with van der Waals surface area (Å²) in [6.07, 6.45) is -5.40. The third-order valence-electron chi connectivity index (χ3n) is 5.51. The van der Waals surface area contributed by atoms with Crippen molar-refractivity contribution in [2.75, 3.05) is 26.3 Å². The molecule has 0 aliphatic rings. The van der Waals surface area contributed by atoms with Crippen LogP contribution in [0.2, 0.25) is 0 Å². The van der Waals surface area contributed by atoms with Crippen LogP contribution in [0.3, 0.4) is 0 Å². The van der Waals surface area contributed by atoms with E-state index in [-0.39, 0.29) is 0 Å². The fraction of sp³-hybridized carbons (Fsp3) is 0.320. The Balaban J connectivity index is 1.87. The zero-order chi connectivity index (χ0) is 26.1. The molecule has 6 N–H and O–H groups in total. The lowest BCUT2D eigenvalue weighted by Gasteiger charge is -2.23. The summed E-state index contributed by atoms with van der Waals surface area (Å²) in [6.45, 7) is -0.775. The van der Waals surface area contributed by atoms with Gasteiger partial charge in [0.15, 0.2) is 5.82 Å². The van der Waals surface area contributed by atoms with Crippen LogP contribution in [0.4, 0.5) is 5.82 Å². The number of aromatic nitrogens is 2. The van der Waals surface area contributed by atoms with E-state index in [1.54, 1.807) is 14.2 Å².